The van der Waals surface area contributed by atoms with Crippen molar-refractivity contribution in [2.45, 2.75) is 37.2 Å². The highest BCUT2D eigenvalue weighted by Crippen LogP contribution is 2.54. The largest absolute Gasteiger partial charge is 0.388 e. The van der Waals surface area contributed by atoms with E-state index in [-0.39, 0.29) is 16.8 Å². The van der Waals surface area contributed by atoms with Gasteiger partial charge in [0.05, 0.1) is 40.6 Å². The number of anilines is 2. The normalized spacial score (nSPS) is 24.8. The van der Waals surface area contributed by atoms with Gasteiger partial charge in [0, 0.05) is 25.2 Å². The third-order valence-corrected chi connectivity index (χ3v) is 7.52. The summed E-state index contributed by atoms with van der Waals surface area (Å²) in [6.45, 7) is 0.327. The Bertz CT molecular complexity index is 1320. The van der Waals surface area contributed by atoms with Crippen molar-refractivity contribution in [3.05, 3.63) is 64.7 Å². The summed E-state index contributed by atoms with van der Waals surface area (Å²) in [6, 6.07) is 6.03. The Balaban J connectivity index is 1.23. The maximum absolute atomic E-state index is 13.5. The van der Waals surface area contributed by atoms with Crippen LogP contribution in [0, 0.1) is 29.0 Å². The number of carbonyl (C=O) groups excluding carboxylic acids is 1. The highest BCUT2D eigenvalue weighted by Gasteiger charge is 2.49. The van der Waals surface area contributed by atoms with E-state index in [1.165, 1.54) is 30.6 Å². The molecule has 11 heteroatoms. The minimum Gasteiger partial charge on any atom is -0.388 e. The fourth-order valence-corrected chi connectivity index (χ4v) is 5.83. The van der Waals surface area contributed by atoms with Crippen LogP contribution < -0.4 is 10.6 Å². The monoisotopic (exact) mass is 509 g/mol. The lowest BCUT2D eigenvalue weighted by Crippen LogP contribution is -2.35. The molecule has 2 aliphatic carbocycles. The number of benzene rings is 1. The zero-order valence-corrected chi connectivity index (χ0v) is 20.3. The number of aliphatic hydroxyl groups is 1. The number of rotatable bonds is 6. The summed E-state index contributed by atoms with van der Waals surface area (Å²) in [7, 11) is 1.77. The van der Waals surface area contributed by atoms with E-state index in [2.05, 4.69) is 25.6 Å². The molecular weight excluding hydrogens is 485 g/mol. The molecular formula is C25H25ClFN7O2. The van der Waals surface area contributed by atoms with Crippen molar-refractivity contribution in [3.8, 4) is 6.07 Å². The van der Waals surface area contributed by atoms with E-state index in [0.717, 1.165) is 18.5 Å². The molecule has 0 radical (unpaired) electrons. The Morgan fingerprint density at radius 3 is 2.61 bits per heavy atom. The molecule has 2 saturated carbocycles. The number of hydrogen-bond donors (Lipinski definition) is 3. The number of halogens is 2. The Hall–Kier alpha value is -3.55. The second kappa shape index (κ2) is 9.48. The predicted molar refractivity (Wildman–Crippen MR) is 131 cm³/mol. The zero-order chi connectivity index (χ0) is 25.4. The maximum Gasteiger partial charge on any atom is 0.274 e. The number of aromatic nitrogens is 4. The van der Waals surface area contributed by atoms with Crippen LogP contribution >= 0.6 is 11.6 Å². The van der Waals surface area contributed by atoms with Crippen LogP contribution in [-0.4, -0.2) is 42.7 Å². The molecule has 0 spiro atoms. The predicted octanol–water partition coefficient (Wildman–Crippen LogP) is 3.87. The number of nitrogens with one attached hydrogen (secondary N) is 2. The Labute approximate surface area is 212 Å². The number of nitriles is 1. The van der Waals surface area contributed by atoms with E-state index in [0.29, 0.717) is 54.1 Å². The first-order valence-corrected chi connectivity index (χ1v) is 12.1. The lowest BCUT2D eigenvalue weighted by atomic mass is 9.92. The number of hydrogen-bond acceptors (Lipinski definition) is 7. The third kappa shape index (κ3) is 4.76. The van der Waals surface area contributed by atoms with Gasteiger partial charge in [0.2, 0.25) is 5.95 Å². The van der Waals surface area contributed by atoms with Crippen LogP contribution in [0.2, 0.25) is 5.02 Å². The van der Waals surface area contributed by atoms with Gasteiger partial charge in [-0.3, -0.25) is 4.79 Å². The van der Waals surface area contributed by atoms with Crippen LogP contribution in [0.25, 0.3) is 0 Å². The molecule has 2 aromatic heterocycles. The smallest absolute Gasteiger partial charge is 0.274 e. The van der Waals surface area contributed by atoms with Gasteiger partial charge in [0.25, 0.3) is 5.91 Å². The summed E-state index contributed by atoms with van der Waals surface area (Å²) < 4.78 is 15.2. The molecule has 3 N–H and O–H groups in total. The average Bonchev–Trinajstić information content (AvgIpc) is 3.51. The van der Waals surface area contributed by atoms with Crippen molar-refractivity contribution < 1.29 is 14.3 Å². The molecule has 36 heavy (non-hydrogen) atoms. The van der Waals surface area contributed by atoms with Gasteiger partial charge in [-0.25, -0.2) is 19.3 Å². The Morgan fingerprint density at radius 2 is 1.97 bits per heavy atom. The SMILES string of the molecule is Cn1cnc(C2CC3CC(O)(CNc4ncc(C#N)cn4)CC3C2)c1C(=O)Nc1ccc(F)c(Cl)c1. The van der Waals surface area contributed by atoms with Crippen LogP contribution in [0.5, 0.6) is 0 Å². The quantitative estimate of drug-likeness (QED) is 0.460. The van der Waals surface area contributed by atoms with E-state index in [1.54, 1.807) is 17.9 Å². The molecule has 2 unspecified atom stereocenters. The topological polar surface area (TPSA) is 129 Å². The minimum atomic E-state index is -0.871. The van der Waals surface area contributed by atoms with E-state index >= 15 is 0 Å². The van der Waals surface area contributed by atoms with Crippen LogP contribution in [0.1, 0.15) is 53.3 Å². The van der Waals surface area contributed by atoms with Gasteiger partial charge < -0.3 is 20.3 Å². The second-order valence-corrected chi connectivity index (χ2v) is 10.2. The van der Waals surface area contributed by atoms with Gasteiger partial charge in [0.15, 0.2) is 0 Å². The summed E-state index contributed by atoms with van der Waals surface area (Å²) in [4.78, 5) is 25.8. The number of nitrogens with zero attached hydrogens (tertiary/aromatic N) is 5. The Kier molecular flexibility index (Phi) is 6.36. The lowest BCUT2D eigenvalue weighted by Gasteiger charge is -2.25. The molecule has 186 valence electrons. The van der Waals surface area contributed by atoms with E-state index in [4.69, 9.17) is 16.9 Å². The minimum absolute atomic E-state index is 0.0608. The van der Waals surface area contributed by atoms with Crippen LogP contribution in [0.4, 0.5) is 16.0 Å². The van der Waals surface area contributed by atoms with Crippen LogP contribution in [0.3, 0.4) is 0 Å². The molecule has 1 amide bonds. The highest BCUT2D eigenvalue weighted by molar-refractivity contribution is 6.31. The van der Waals surface area contributed by atoms with Crippen molar-refractivity contribution in [3.63, 3.8) is 0 Å². The molecule has 1 aromatic carbocycles. The molecule has 2 heterocycles. The van der Waals surface area contributed by atoms with Gasteiger partial charge in [-0.1, -0.05) is 11.6 Å². The van der Waals surface area contributed by atoms with Gasteiger partial charge >= 0.3 is 0 Å². The molecule has 0 saturated heterocycles. The maximum atomic E-state index is 13.5. The molecule has 9 nitrogen and oxygen atoms in total. The molecule has 5 rings (SSSR count). The zero-order valence-electron chi connectivity index (χ0n) is 19.6. The van der Waals surface area contributed by atoms with E-state index in [9.17, 15) is 14.3 Å². The van der Waals surface area contributed by atoms with Gasteiger partial charge in [0.1, 0.15) is 17.6 Å². The number of amides is 1. The van der Waals surface area contributed by atoms with Crippen molar-refractivity contribution in [2.24, 2.45) is 18.9 Å². The van der Waals surface area contributed by atoms with E-state index in [1.807, 2.05) is 6.07 Å². The standard InChI is InChI=1S/C25H25ClFN7O2/c1-34-13-32-21(22(34)23(35)33-18-2-3-20(27)19(26)6-18)15-4-16-7-25(36,8-17(16)5-15)12-31-24-29-10-14(9-28)11-30-24/h2-3,6,10-11,13,15-17,36H,4-5,7-8,12H2,1H3,(H,33,35)(H,29,30,31). The number of imidazole rings is 1. The molecule has 2 fully saturated rings. The van der Waals surface area contributed by atoms with Crippen LogP contribution in [0.15, 0.2) is 36.9 Å². The van der Waals surface area contributed by atoms with Crippen molar-refractivity contribution in [1.82, 2.24) is 19.5 Å². The van der Waals surface area contributed by atoms with Crippen LogP contribution in [-0.2, 0) is 7.05 Å². The highest BCUT2D eigenvalue weighted by atomic mass is 35.5. The summed E-state index contributed by atoms with van der Waals surface area (Å²) in [5.74, 6) is 0.248. The Morgan fingerprint density at radius 1 is 1.28 bits per heavy atom. The molecule has 2 atom stereocenters. The fraction of sp³-hybridized carbons (Fsp3) is 0.400. The van der Waals surface area contributed by atoms with Gasteiger partial charge in [-0.15, -0.1) is 0 Å². The van der Waals surface area contributed by atoms with Crippen molar-refractivity contribution in [2.75, 3.05) is 17.2 Å². The first kappa shape index (κ1) is 24.2. The van der Waals surface area contributed by atoms with Gasteiger partial charge in [-0.2, -0.15) is 5.26 Å². The first-order chi connectivity index (χ1) is 17.2. The number of fused-ring (bicyclic) bond motifs is 1. The molecule has 3 aromatic rings. The fourth-order valence-electron chi connectivity index (χ4n) is 5.65. The number of carbonyl (C=O) groups is 1. The summed E-state index contributed by atoms with van der Waals surface area (Å²) in [5, 5.41) is 25.9. The molecule has 2 aliphatic rings. The number of aryl methyl sites for hydroxylation is 1. The second-order valence-electron chi connectivity index (χ2n) is 9.75. The first-order valence-electron chi connectivity index (χ1n) is 11.7. The summed E-state index contributed by atoms with van der Waals surface area (Å²) >= 11 is 5.85. The van der Waals surface area contributed by atoms with Crippen molar-refractivity contribution >= 4 is 29.1 Å². The van der Waals surface area contributed by atoms with E-state index < -0.39 is 11.4 Å². The molecule has 0 aliphatic heterocycles. The summed E-state index contributed by atoms with van der Waals surface area (Å²) in [6.07, 6.45) is 7.46. The third-order valence-electron chi connectivity index (χ3n) is 7.23. The van der Waals surface area contributed by atoms with Gasteiger partial charge in [-0.05, 0) is 55.7 Å². The lowest BCUT2D eigenvalue weighted by molar-refractivity contribution is 0.0513. The average molecular weight is 510 g/mol. The van der Waals surface area contributed by atoms with Crippen molar-refractivity contribution in [1.29, 1.82) is 5.26 Å². The molecule has 0 bridgehead atoms. The summed E-state index contributed by atoms with van der Waals surface area (Å²) in [5.41, 5.74) is 1.12.